The van der Waals surface area contributed by atoms with Gasteiger partial charge in [0.15, 0.2) is 6.10 Å². The summed E-state index contributed by atoms with van der Waals surface area (Å²) in [4.78, 5) is 23.7. The maximum atomic E-state index is 13.7. The van der Waals surface area contributed by atoms with Gasteiger partial charge in [-0.15, -0.1) is 0 Å². The van der Waals surface area contributed by atoms with Crippen molar-refractivity contribution in [2.75, 3.05) is 0 Å². The van der Waals surface area contributed by atoms with E-state index in [9.17, 15) is 32.3 Å². The molecule has 0 radical (unpaired) electrons. The lowest BCUT2D eigenvalue weighted by Gasteiger charge is -2.19. The van der Waals surface area contributed by atoms with E-state index < -0.39 is 41.5 Å². The van der Waals surface area contributed by atoms with Gasteiger partial charge in [-0.05, 0) is 29.3 Å². The third-order valence-electron chi connectivity index (χ3n) is 3.84. The van der Waals surface area contributed by atoms with E-state index in [4.69, 9.17) is 5.73 Å². The molecule has 0 heterocycles. The minimum Gasteiger partial charge on any atom is -0.378 e. The molecule has 0 spiro atoms. The Labute approximate surface area is 151 Å². The molecule has 0 saturated heterocycles. The molecule has 2 aromatic carbocycles. The van der Waals surface area contributed by atoms with Crippen molar-refractivity contribution in [3.8, 4) is 0 Å². The number of amides is 2. The molecule has 2 aromatic rings. The summed E-state index contributed by atoms with van der Waals surface area (Å²) in [7, 11) is 0. The molecule has 2 atom stereocenters. The van der Waals surface area contributed by atoms with Gasteiger partial charge in [0.05, 0.1) is 5.56 Å². The van der Waals surface area contributed by atoms with Crippen LogP contribution in [-0.4, -0.2) is 23.0 Å². The van der Waals surface area contributed by atoms with Gasteiger partial charge in [-0.2, -0.15) is 13.2 Å². The summed E-state index contributed by atoms with van der Waals surface area (Å²) in [5.74, 6) is -2.59. The van der Waals surface area contributed by atoms with Gasteiger partial charge < -0.3 is 16.2 Å². The van der Waals surface area contributed by atoms with E-state index >= 15 is 0 Å². The fraction of sp³-hybridized carbons (Fsp3) is 0.222. The molecule has 0 fully saturated rings. The van der Waals surface area contributed by atoms with Crippen LogP contribution in [0, 0.1) is 5.82 Å². The molecule has 27 heavy (non-hydrogen) atoms. The van der Waals surface area contributed by atoms with Gasteiger partial charge in [0.1, 0.15) is 11.9 Å². The second-order valence-electron chi connectivity index (χ2n) is 5.78. The Morgan fingerprint density at radius 2 is 1.67 bits per heavy atom. The van der Waals surface area contributed by atoms with E-state index in [1.807, 2.05) is 0 Å². The first-order chi connectivity index (χ1) is 12.6. The van der Waals surface area contributed by atoms with Crippen molar-refractivity contribution < 1.29 is 32.3 Å². The summed E-state index contributed by atoms with van der Waals surface area (Å²) in [5, 5.41) is 12.2. The lowest BCUT2D eigenvalue weighted by atomic mass is 10.0. The zero-order valence-corrected chi connectivity index (χ0v) is 13.8. The minimum atomic E-state index is -4.55. The van der Waals surface area contributed by atoms with Crippen molar-refractivity contribution >= 4 is 11.8 Å². The Kier molecular flexibility index (Phi) is 6.17. The highest BCUT2D eigenvalue weighted by Gasteiger charge is 2.31. The zero-order chi connectivity index (χ0) is 20.2. The van der Waals surface area contributed by atoms with Crippen molar-refractivity contribution in [1.29, 1.82) is 0 Å². The molecule has 9 heteroatoms. The Balaban J connectivity index is 2.10. The number of aliphatic hydroxyl groups excluding tert-OH is 1. The summed E-state index contributed by atoms with van der Waals surface area (Å²) < 4.78 is 51.4. The first-order valence-corrected chi connectivity index (χ1v) is 7.78. The van der Waals surface area contributed by atoms with Gasteiger partial charge in [0.2, 0.25) is 5.91 Å². The van der Waals surface area contributed by atoms with E-state index in [0.29, 0.717) is 0 Å². The van der Waals surface area contributed by atoms with Crippen molar-refractivity contribution in [3.63, 3.8) is 0 Å². The monoisotopic (exact) mass is 384 g/mol. The smallest absolute Gasteiger partial charge is 0.378 e. The van der Waals surface area contributed by atoms with E-state index in [0.717, 1.165) is 24.3 Å². The van der Waals surface area contributed by atoms with Crippen LogP contribution in [0.2, 0.25) is 0 Å². The summed E-state index contributed by atoms with van der Waals surface area (Å²) in [6.45, 7) is 0. The third-order valence-corrected chi connectivity index (χ3v) is 3.84. The van der Waals surface area contributed by atoms with E-state index in [1.54, 1.807) is 0 Å². The summed E-state index contributed by atoms with van der Waals surface area (Å²) in [6, 6.07) is 7.59. The fourth-order valence-electron chi connectivity index (χ4n) is 2.36. The number of nitrogens with one attached hydrogen (secondary N) is 1. The van der Waals surface area contributed by atoms with Crippen molar-refractivity contribution in [2.45, 2.75) is 24.7 Å². The number of carbonyl (C=O) groups excluding carboxylic acids is 2. The van der Waals surface area contributed by atoms with Crippen LogP contribution >= 0.6 is 0 Å². The van der Waals surface area contributed by atoms with E-state index in [-0.39, 0.29) is 17.5 Å². The number of halogens is 4. The lowest BCUT2D eigenvalue weighted by molar-refractivity contribution is -0.137. The first-order valence-electron chi connectivity index (χ1n) is 7.78. The molecule has 0 aliphatic heterocycles. The molecule has 0 aliphatic rings. The molecule has 2 amide bonds. The van der Waals surface area contributed by atoms with Gasteiger partial charge in [-0.1, -0.05) is 30.3 Å². The number of hydrogen-bond donors (Lipinski definition) is 3. The fourth-order valence-corrected chi connectivity index (χ4v) is 2.36. The molecule has 5 nitrogen and oxygen atoms in total. The molecular formula is C18H16F4N2O3. The predicted octanol–water partition coefficient (Wildman–Crippen LogP) is 2.09. The zero-order valence-electron chi connectivity index (χ0n) is 13.8. The number of benzene rings is 2. The van der Waals surface area contributed by atoms with Crippen LogP contribution in [-0.2, 0) is 22.2 Å². The van der Waals surface area contributed by atoms with Crippen LogP contribution in [0.15, 0.2) is 48.5 Å². The largest absolute Gasteiger partial charge is 0.416 e. The number of primary amides is 1. The third kappa shape index (κ3) is 5.27. The van der Waals surface area contributed by atoms with Crippen molar-refractivity contribution in [1.82, 2.24) is 5.32 Å². The van der Waals surface area contributed by atoms with Crippen LogP contribution in [0.3, 0.4) is 0 Å². The second-order valence-corrected chi connectivity index (χ2v) is 5.78. The van der Waals surface area contributed by atoms with Crippen molar-refractivity contribution in [3.05, 3.63) is 71.0 Å². The minimum absolute atomic E-state index is 0.102. The number of aliphatic hydroxyl groups is 1. The van der Waals surface area contributed by atoms with E-state index in [1.165, 1.54) is 24.3 Å². The summed E-state index contributed by atoms with van der Waals surface area (Å²) in [5.41, 5.74) is 4.30. The normalized spacial score (nSPS) is 13.7. The quantitative estimate of drug-likeness (QED) is 0.666. The average molecular weight is 384 g/mol. The highest BCUT2D eigenvalue weighted by molar-refractivity contribution is 5.89. The van der Waals surface area contributed by atoms with Gasteiger partial charge in [0.25, 0.3) is 5.91 Å². The number of carbonyl (C=O) groups is 2. The molecule has 0 bridgehead atoms. The lowest BCUT2D eigenvalue weighted by Crippen LogP contribution is -2.47. The molecule has 0 aromatic heterocycles. The van der Waals surface area contributed by atoms with Gasteiger partial charge in [0, 0.05) is 6.42 Å². The number of rotatable bonds is 6. The highest BCUT2D eigenvalue weighted by Crippen LogP contribution is 2.30. The van der Waals surface area contributed by atoms with Gasteiger partial charge in [-0.3, -0.25) is 9.59 Å². The second kappa shape index (κ2) is 8.17. The molecule has 0 aliphatic carbocycles. The Morgan fingerprint density at radius 3 is 2.19 bits per heavy atom. The highest BCUT2D eigenvalue weighted by atomic mass is 19.4. The molecule has 2 rings (SSSR count). The van der Waals surface area contributed by atoms with Crippen LogP contribution in [0.5, 0.6) is 0 Å². The Morgan fingerprint density at radius 1 is 1.07 bits per heavy atom. The SMILES string of the molecule is NC(=O)[C@@H](Cc1ccccc1F)NC(=O)[C@H](O)c1ccc(C(F)(F)F)cc1. The molecule has 4 N–H and O–H groups in total. The van der Waals surface area contributed by atoms with Gasteiger partial charge in [-0.25, -0.2) is 4.39 Å². The molecule has 0 unspecified atom stereocenters. The van der Waals surface area contributed by atoms with Crippen LogP contribution in [0.25, 0.3) is 0 Å². The molecule has 0 saturated carbocycles. The first kappa shape index (κ1) is 20.4. The van der Waals surface area contributed by atoms with Gasteiger partial charge >= 0.3 is 6.18 Å². The summed E-state index contributed by atoms with van der Waals surface area (Å²) >= 11 is 0. The summed E-state index contributed by atoms with van der Waals surface area (Å²) in [6.07, 6.45) is -6.62. The van der Waals surface area contributed by atoms with Crippen molar-refractivity contribution in [2.24, 2.45) is 5.73 Å². The number of alkyl halides is 3. The molecule has 144 valence electrons. The Bertz CT molecular complexity index is 822. The van der Waals surface area contributed by atoms with Crippen LogP contribution < -0.4 is 11.1 Å². The maximum absolute atomic E-state index is 13.7. The van der Waals surface area contributed by atoms with E-state index in [2.05, 4.69) is 5.32 Å². The van der Waals surface area contributed by atoms with Crippen LogP contribution in [0.1, 0.15) is 22.8 Å². The maximum Gasteiger partial charge on any atom is 0.416 e. The average Bonchev–Trinajstić information content (AvgIpc) is 2.61. The Hall–Kier alpha value is -2.94. The molecular weight excluding hydrogens is 368 g/mol. The van der Waals surface area contributed by atoms with Crippen LogP contribution in [0.4, 0.5) is 17.6 Å². The topological polar surface area (TPSA) is 92.4 Å². The standard InChI is InChI=1S/C18H16F4N2O3/c19-13-4-2-1-3-11(13)9-14(16(23)26)24-17(27)15(25)10-5-7-12(8-6-10)18(20,21)22/h1-8,14-15,25H,9H2,(H2,23,26)(H,24,27)/t14-,15-/m1/s1. The number of hydrogen-bond acceptors (Lipinski definition) is 3. The predicted molar refractivity (Wildman–Crippen MR) is 87.6 cm³/mol. The number of nitrogens with two attached hydrogens (primary N) is 1.